The Labute approximate surface area is 119 Å². The van der Waals surface area contributed by atoms with E-state index >= 15 is 0 Å². The van der Waals surface area contributed by atoms with Crippen LogP contribution in [0.25, 0.3) is 10.9 Å². The average Bonchev–Trinajstić information content (AvgIpc) is 2.45. The van der Waals surface area contributed by atoms with E-state index in [0.717, 1.165) is 0 Å². The summed E-state index contributed by atoms with van der Waals surface area (Å²) >= 11 is 0. The largest absolute Gasteiger partial charge is 0.477 e. The number of imide groups is 1. The first-order valence-corrected chi connectivity index (χ1v) is 6.25. The number of carbonyl (C=O) groups excluding carboxylic acids is 2. The molecule has 0 saturated carbocycles. The maximum atomic E-state index is 11.5. The Morgan fingerprint density at radius 1 is 1.19 bits per heavy atom. The van der Waals surface area contributed by atoms with E-state index < -0.39 is 17.8 Å². The zero-order valence-electron chi connectivity index (χ0n) is 10.9. The Kier molecular flexibility index (Phi) is 3.02. The summed E-state index contributed by atoms with van der Waals surface area (Å²) < 4.78 is 0. The molecule has 7 heteroatoms. The molecule has 106 valence electrons. The lowest BCUT2D eigenvalue weighted by molar-refractivity contribution is -0.130. The van der Waals surface area contributed by atoms with Gasteiger partial charge in [-0.25, -0.2) is 9.78 Å². The van der Waals surface area contributed by atoms with E-state index in [9.17, 15) is 14.4 Å². The molecule has 1 fully saturated rings. The number of aromatic carboxylic acids is 1. The molecule has 1 aromatic heterocycles. The Hall–Kier alpha value is -2.96. The second kappa shape index (κ2) is 4.86. The van der Waals surface area contributed by atoms with E-state index in [4.69, 9.17) is 5.11 Å². The van der Waals surface area contributed by atoms with Crippen molar-refractivity contribution in [3.63, 3.8) is 0 Å². The van der Waals surface area contributed by atoms with Crippen molar-refractivity contribution in [1.29, 1.82) is 0 Å². The fourth-order valence-corrected chi connectivity index (χ4v) is 2.34. The third-order valence-corrected chi connectivity index (χ3v) is 3.20. The van der Waals surface area contributed by atoms with Crippen LogP contribution in [0, 0.1) is 0 Å². The lowest BCUT2D eigenvalue weighted by Gasteiger charge is -2.28. The van der Waals surface area contributed by atoms with Gasteiger partial charge in [0.15, 0.2) is 5.69 Å². The van der Waals surface area contributed by atoms with Crippen molar-refractivity contribution in [3.05, 3.63) is 36.0 Å². The van der Waals surface area contributed by atoms with Gasteiger partial charge in [-0.2, -0.15) is 0 Å². The van der Waals surface area contributed by atoms with Gasteiger partial charge in [0.2, 0.25) is 11.8 Å². The Morgan fingerprint density at radius 3 is 2.52 bits per heavy atom. The van der Waals surface area contributed by atoms with Crippen LogP contribution in [0.3, 0.4) is 0 Å². The van der Waals surface area contributed by atoms with Crippen LogP contribution in [0.4, 0.5) is 5.69 Å². The molecule has 0 radical (unpaired) electrons. The number of hydrogen-bond acceptors (Lipinski definition) is 5. The number of nitrogens with zero attached hydrogens (tertiary/aromatic N) is 2. The summed E-state index contributed by atoms with van der Waals surface area (Å²) in [4.78, 5) is 39.8. The fraction of sp³-hybridized carbons (Fsp3) is 0.143. The summed E-state index contributed by atoms with van der Waals surface area (Å²) in [6, 6.07) is 8.40. The molecule has 2 heterocycles. The van der Waals surface area contributed by atoms with E-state index in [1.807, 2.05) is 0 Å². The van der Waals surface area contributed by atoms with E-state index in [1.165, 1.54) is 6.07 Å². The van der Waals surface area contributed by atoms with Crippen molar-refractivity contribution in [2.75, 3.05) is 18.0 Å². The molecule has 2 aromatic rings. The molecule has 0 unspecified atom stereocenters. The van der Waals surface area contributed by atoms with Gasteiger partial charge in [-0.15, -0.1) is 0 Å². The Bertz CT molecular complexity index is 756. The molecule has 0 atom stereocenters. The zero-order valence-corrected chi connectivity index (χ0v) is 10.9. The molecule has 2 N–H and O–H groups in total. The van der Waals surface area contributed by atoms with Crippen molar-refractivity contribution >= 4 is 34.4 Å². The predicted octanol–water partition coefficient (Wildman–Crippen LogP) is 0.396. The SMILES string of the molecule is O=C1CN(c2cc(C(=O)O)nc3ccccc23)CC(=O)N1. The van der Waals surface area contributed by atoms with E-state index in [2.05, 4.69) is 10.3 Å². The molecule has 21 heavy (non-hydrogen) atoms. The predicted molar refractivity (Wildman–Crippen MR) is 74.1 cm³/mol. The highest BCUT2D eigenvalue weighted by atomic mass is 16.4. The number of carboxylic acids is 1. The molecule has 1 saturated heterocycles. The van der Waals surface area contributed by atoms with Gasteiger partial charge in [0.05, 0.1) is 18.6 Å². The lowest BCUT2D eigenvalue weighted by atomic mass is 10.1. The number of piperazine rings is 1. The molecule has 1 aliphatic rings. The topological polar surface area (TPSA) is 99.6 Å². The summed E-state index contributed by atoms with van der Waals surface area (Å²) in [6.07, 6.45) is 0. The number of rotatable bonds is 2. The number of benzene rings is 1. The molecule has 2 amide bonds. The minimum Gasteiger partial charge on any atom is -0.477 e. The van der Waals surface area contributed by atoms with Crippen molar-refractivity contribution in [2.24, 2.45) is 0 Å². The summed E-state index contributed by atoms with van der Waals surface area (Å²) in [6.45, 7) is -0.00237. The molecule has 0 bridgehead atoms. The van der Waals surface area contributed by atoms with Gasteiger partial charge in [-0.3, -0.25) is 14.9 Å². The first-order valence-electron chi connectivity index (χ1n) is 6.25. The fourth-order valence-electron chi connectivity index (χ4n) is 2.34. The maximum absolute atomic E-state index is 11.5. The third-order valence-electron chi connectivity index (χ3n) is 3.20. The van der Waals surface area contributed by atoms with Crippen molar-refractivity contribution in [3.8, 4) is 0 Å². The number of carbonyl (C=O) groups is 3. The van der Waals surface area contributed by atoms with Gasteiger partial charge in [0.25, 0.3) is 0 Å². The second-order valence-electron chi connectivity index (χ2n) is 4.68. The highest BCUT2D eigenvalue weighted by molar-refractivity contribution is 6.05. The maximum Gasteiger partial charge on any atom is 0.354 e. The smallest absolute Gasteiger partial charge is 0.354 e. The van der Waals surface area contributed by atoms with Crippen LogP contribution in [-0.2, 0) is 9.59 Å². The molecule has 0 spiro atoms. The molecular weight excluding hydrogens is 274 g/mol. The van der Waals surface area contributed by atoms with Crippen LogP contribution in [0.1, 0.15) is 10.5 Å². The number of pyridine rings is 1. The number of carboxylic acid groups (broad SMARTS) is 1. The third kappa shape index (κ3) is 2.40. The van der Waals surface area contributed by atoms with Crippen LogP contribution in [-0.4, -0.2) is 41.0 Å². The lowest BCUT2D eigenvalue weighted by Crippen LogP contribution is -2.51. The Balaban J connectivity index is 2.17. The normalized spacial score (nSPS) is 15.1. The highest BCUT2D eigenvalue weighted by Crippen LogP contribution is 2.27. The van der Waals surface area contributed by atoms with E-state index in [1.54, 1.807) is 29.2 Å². The zero-order chi connectivity index (χ0) is 15.0. The molecular formula is C14H11N3O4. The summed E-state index contributed by atoms with van der Waals surface area (Å²) in [5.41, 5.74) is 0.897. The van der Waals surface area contributed by atoms with Gasteiger partial charge in [-0.1, -0.05) is 18.2 Å². The van der Waals surface area contributed by atoms with Gasteiger partial charge in [0, 0.05) is 11.1 Å². The molecule has 0 aliphatic carbocycles. The van der Waals surface area contributed by atoms with Crippen molar-refractivity contribution in [2.45, 2.75) is 0 Å². The number of amides is 2. The second-order valence-corrected chi connectivity index (χ2v) is 4.68. The van der Waals surface area contributed by atoms with Crippen LogP contribution < -0.4 is 10.2 Å². The van der Waals surface area contributed by atoms with Crippen LogP contribution in [0.5, 0.6) is 0 Å². The highest BCUT2D eigenvalue weighted by Gasteiger charge is 2.25. The number of anilines is 1. The van der Waals surface area contributed by atoms with Crippen LogP contribution in [0.2, 0.25) is 0 Å². The van der Waals surface area contributed by atoms with Gasteiger partial charge >= 0.3 is 5.97 Å². The molecule has 7 nitrogen and oxygen atoms in total. The summed E-state index contributed by atoms with van der Waals surface area (Å²) in [5.74, 6) is -1.98. The minimum atomic E-state index is -1.16. The van der Waals surface area contributed by atoms with Gasteiger partial charge in [0.1, 0.15) is 0 Å². The molecule has 3 rings (SSSR count). The number of hydrogen-bond donors (Lipinski definition) is 2. The monoisotopic (exact) mass is 285 g/mol. The summed E-state index contributed by atoms with van der Waals surface area (Å²) in [5, 5.41) is 12.1. The minimum absolute atomic E-state index is 0.00118. The number of fused-ring (bicyclic) bond motifs is 1. The standard InChI is InChI=1S/C14H11N3O4/c18-12-6-17(7-13(19)16-12)11-5-10(14(20)21)15-9-4-2-1-3-8(9)11/h1-5H,6-7H2,(H,20,21)(H,16,18,19). The Morgan fingerprint density at radius 2 is 1.86 bits per heavy atom. The first kappa shape index (κ1) is 13.0. The van der Waals surface area contributed by atoms with Gasteiger partial charge < -0.3 is 10.0 Å². The van der Waals surface area contributed by atoms with Gasteiger partial charge in [-0.05, 0) is 12.1 Å². The number of aromatic nitrogens is 1. The van der Waals surface area contributed by atoms with Crippen LogP contribution >= 0.6 is 0 Å². The average molecular weight is 285 g/mol. The number of nitrogens with one attached hydrogen (secondary N) is 1. The summed E-state index contributed by atoms with van der Waals surface area (Å²) in [7, 11) is 0. The van der Waals surface area contributed by atoms with Crippen molar-refractivity contribution < 1.29 is 19.5 Å². The first-order chi connectivity index (χ1) is 10.0. The van der Waals surface area contributed by atoms with E-state index in [-0.39, 0.29) is 18.8 Å². The number of para-hydroxylation sites is 1. The van der Waals surface area contributed by atoms with Crippen molar-refractivity contribution in [1.82, 2.24) is 10.3 Å². The molecule has 1 aromatic carbocycles. The quantitative estimate of drug-likeness (QED) is 0.775. The molecule has 1 aliphatic heterocycles. The van der Waals surface area contributed by atoms with E-state index in [0.29, 0.717) is 16.6 Å². The van der Waals surface area contributed by atoms with Crippen LogP contribution in [0.15, 0.2) is 30.3 Å².